The lowest BCUT2D eigenvalue weighted by molar-refractivity contribution is -0.116. The predicted octanol–water partition coefficient (Wildman–Crippen LogP) is 3.70. The maximum atomic E-state index is 12.2. The number of rotatable bonds is 5. The summed E-state index contributed by atoms with van der Waals surface area (Å²) < 4.78 is 0. The molecule has 116 valence electrons. The highest BCUT2D eigenvalue weighted by Crippen LogP contribution is 2.20. The Morgan fingerprint density at radius 1 is 1.04 bits per heavy atom. The van der Waals surface area contributed by atoms with Crippen LogP contribution in [0.4, 0.5) is 11.4 Å². The van der Waals surface area contributed by atoms with Gasteiger partial charge in [-0.1, -0.05) is 36.4 Å². The number of para-hydroxylation sites is 2. The number of benzene rings is 2. The highest BCUT2D eigenvalue weighted by Gasteiger charge is 2.08. The van der Waals surface area contributed by atoms with Crippen LogP contribution in [0.15, 0.2) is 66.9 Å². The van der Waals surface area contributed by atoms with Gasteiger partial charge in [0.15, 0.2) is 0 Å². The first-order valence-corrected chi connectivity index (χ1v) is 7.64. The Hall–Kier alpha value is -2.88. The lowest BCUT2D eigenvalue weighted by Crippen LogP contribution is -2.23. The highest BCUT2D eigenvalue weighted by molar-refractivity contribution is 6.00. The SMILES string of the molecule is CN(CCC(=O)Nc1cccc2cccnc12)c1ccccc1. The first-order valence-electron chi connectivity index (χ1n) is 7.64. The van der Waals surface area contributed by atoms with E-state index in [0.29, 0.717) is 13.0 Å². The normalized spacial score (nSPS) is 10.5. The number of hydrogen-bond donors (Lipinski definition) is 1. The van der Waals surface area contributed by atoms with Gasteiger partial charge in [0.05, 0.1) is 11.2 Å². The second-order valence-corrected chi connectivity index (χ2v) is 5.44. The van der Waals surface area contributed by atoms with Crippen LogP contribution in [0.2, 0.25) is 0 Å². The molecule has 0 fully saturated rings. The minimum absolute atomic E-state index is 0.00839. The Morgan fingerprint density at radius 2 is 1.83 bits per heavy atom. The third-order valence-corrected chi connectivity index (χ3v) is 3.78. The van der Waals surface area contributed by atoms with Gasteiger partial charge in [0, 0.05) is 37.3 Å². The molecule has 1 aromatic heterocycles. The minimum Gasteiger partial charge on any atom is -0.374 e. The molecule has 1 N–H and O–H groups in total. The number of aromatic nitrogens is 1. The van der Waals surface area contributed by atoms with E-state index in [-0.39, 0.29) is 5.91 Å². The molecule has 4 heteroatoms. The van der Waals surface area contributed by atoms with Crippen molar-refractivity contribution in [3.8, 4) is 0 Å². The molecular formula is C19H19N3O. The van der Waals surface area contributed by atoms with Crippen molar-refractivity contribution in [2.75, 3.05) is 23.8 Å². The van der Waals surface area contributed by atoms with Crippen molar-refractivity contribution in [2.45, 2.75) is 6.42 Å². The van der Waals surface area contributed by atoms with Crippen molar-refractivity contribution in [3.05, 3.63) is 66.9 Å². The van der Waals surface area contributed by atoms with E-state index in [0.717, 1.165) is 22.3 Å². The van der Waals surface area contributed by atoms with Crippen molar-refractivity contribution in [3.63, 3.8) is 0 Å². The third kappa shape index (κ3) is 3.66. The van der Waals surface area contributed by atoms with Crippen LogP contribution in [0.5, 0.6) is 0 Å². The fraction of sp³-hybridized carbons (Fsp3) is 0.158. The number of amides is 1. The summed E-state index contributed by atoms with van der Waals surface area (Å²) in [7, 11) is 1.99. The zero-order chi connectivity index (χ0) is 16.1. The molecule has 3 aromatic rings. The summed E-state index contributed by atoms with van der Waals surface area (Å²) in [4.78, 5) is 18.6. The van der Waals surface area contributed by atoms with Gasteiger partial charge in [-0.25, -0.2) is 0 Å². The Labute approximate surface area is 135 Å². The molecule has 0 saturated heterocycles. The largest absolute Gasteiger partial charge is 0.374 e. The van der Waals surface area contributed by atoms with E-state index >= 15 is 0 Å². The number of nitrogens with zero attached hydrogens (tertiary/aromatic N) is 2. The number of hydrogen-bond acceptors (Lipinski definition) is 3. The van der Waals surface area contributed by atoms with Gasteiger partial charge in [-0.3, -0.25) is 9.78 Å². The number of nitrogens with one attached hydrogen (secondary N) is 1. The van der Waals surface area contributed by atoms with Crippen molar-refractivity contribution in [1.29, 1.82) is 0 Å². The van der Waals surface area contributed by atoms with Gasteiger partial charge >= 0.3 is 0 Å². The van der Waals surface area contributed by atoms with E-state index in [9.17, 15) is 4.79 Å². The van der Waals surface area contributed by atoms with Crippen molar-refractivity contribution >= 4 is 28.2 Å². The van der Waals surface area contributed by atoms with Crippen molar-refractivity contribution in [2.24, 2.45) is 0 Å². The average Bonchev–Trinajstić information content (AvgIpc) is 2.61. The average molecular weight is 305 g/mol. The van der Waals surface area contributed by atoms with Gasteiger partial charge in [-0.2, -0.15) is 0 Å². The van der Waals surface area contributed by atoms with Crippen LogP contribution < -0.4 is 10.2 Å². The number of carbonyl (C=O) groups is 1. The van der Waals surface area contributed by atoms with Gasteiger partial charge in [0.1, 0.15) is 0 Å². The molecule has 0 aliphatic heterocycles. The molecule has 0 saturated carbocycles. The zero-order valence-corrected chi connectivity index (χ0v) is 13.1. The van der Waals surface area contributed by atoms with Gasteiger partial charge in [-0.15, -0.1) is 0 Å². The first kappa shape index (κ1) is 15.0. The maximum absolute atomic E-state index is 12.2. The molecule has 2 aromatic carbocycles. The summed E-state index contributed by atoms with van der Waals surface area (Å²) in [6.45, 7) is 0.661. The molecule has 0 radical (unpaired) electrons. The Morgan fingerprint density at radius 3 is 2.65 bits per heavy atom. The molecule has 23 heavy (non-hydrogen) atoms. The number of fused-ring (bicyclic) bond motifs is 1. The molecular weight excluding hydrogens is 286 g/mol. The second-order valence-electron chi connectivity index (χ2n) is 5.44. The van der Waals surface area contributed by atoms with Crippen LogP contribution in [0.1, 0.15) is 6.42 Å². The van der Waals surface area contributed by atoms with Crippen LogP contribution in [0, 0.1) is 0 Å². The summed E-state index contributed by atoms with van der Waals surface area (Å²) in [6, 6.07) is 19.7. The quantitative estimate of drug-likeness (QED) is 0.782. The molecule has 3 rings (SSSR count). The maximum Gasteiger partial charge on any atom is 0.226 e. The van der Waals surface area contributed by atoms with E-state index in [1.165, 1.54) is 0 Å². The minimum atomic E-state index is -0.00839. The molecule has 0 unspecified atom stereocenters. The molecule has 1 amide bonds. The topological polar surface area (TPSA) is 45.2 Å². The third-order valence-electron chi connectivity index (χ3n) is 3.78. The van der Waals surface area contributed by atoms with Crippen LogP contribution in [0.3, 0.4) is 0 Å². The van der Waals surface area contributed by atoms with E-state index < -0.39 is 0 Å². The van der Waals surface area contributed by atoms with Crippen LogP contribution in [-0.4, -0.2) is 24.5 Å². The Bertz CT molecular complexity index is 797. The fourth-order valence-corrected chi connectivity index (χ4v) is 2.50. The lowest BCUT2D eigenvalue weighted by atomic mass is 10.2. The molecule has 0 spiro atoms. The molecule has 0 aliphatic rings. The zero-order valence-electron chi connectivity index (χ0n) is 13.1. The van der Waals surface area contributed by atoms with E-state index in [1.807, 2.05) is 67.7 Å². The first-order chi connectivity index (χ1) is 11.2. The predicted molar refractivity (Wildman–Crippen MR) is 94.7 cm³/mol. The lowest BCUT2D eigenvalue weighted by Gasteiger charge is -2.18. The van der Waals surface area contributed by atoms with Crippen LogP contribution >= 0.6 is 0 Å². The molecule has 0 atom stereocenters. The standard InChI is InChI=1S/C19H19N3O/c1-22(16-9-3-2-4-10-16)14-12-18(23)21-17-11-5-7-15-8-6-13-20-19(15)17/h2-11,13H,12,14H2,1H3,(H,21,23). The van der Waals surface area contributed by atoms with E-state index in [4.69, 9.17) is 0 Å². The summed E-state index contributed by atoms with van der Waals surface area (Å²) in [5, 5.41) is 3.98. The smallest absolute Gasteiger partial charge is 0.226 e. The molecule has 1 heterocycles. The van der Waals surface area contributed by atoms with Crippen LogP contribution in [-0.2, 0) is 4.79 Å². The van der Waals surface area contributed by atoms with Crippen LogP contribution in [0.25, 0.3) is 10.9 Å². The van der Waals surface area contributed by atoms with Crippen molar-refractivity contribution in [1.82, 2.24) is 4.98 Å². The summed E-state index contributed by atoms with van der Waals surface area (Å²) in [5.74, 6) is -0.00839. The summed E-state index contributed by atoms with van der Waals surface area (Å²) in [6.07, 6.45) is 2.16. The highest BCUT2D eigenvalue weighted by atomic mass is 16.1. The molecule has 0 aliphatic carbocycles. The Kier molecular flexibility index (Phi) is 4.52. The van der Waals surface area contributed by atoms with Gasteiger partial charge in [-0.05, 0) is 24.3 Å². The molecule has 0 bridgehead atoms. The van der Waals surface area contributed by atoms with Gasteiger partial charge in [0.25, 0.3) is 0 Å². The second kappa shape index (κ2) is 6.92. The summed E-state index contributed by atoms with van der Waals surface area (Å²) >= 11 is 0. The monoisotopic (exact) mass is 305 g/mol. The number of anilines is 2. The molecule has 4 nitrogen and oxygen atoms in total. The number of carbonyl (C=O) groups excluding carboxylic acids is 1. The van der Waals surface area contributed by atoms with Gasteiger partial charge in [0.2, 0.25) is 5.91 Å². The fourth-order valence-electron chi connectivity index (χ4n) is 2.50. The van der Waals surface area contributed by atoms with E-state index in [2.05, 4.69) is 15.2 Å². The summed E-state index contributed by atoms with van der Waals surface area (Å²) in [5.41, 5.74) is 2.68. The van der Waals surface area contributed by atoms with E-state index in [1.54, 1.807) is 6.20 Å². The van der Waals surface area contributed by atoms with Gasteiger partial charge < -0.3 is 10.2 Å². The van der Waals surface area contributed by atoms with Crippen molar-refractivity contribution < 1.29 is 4.79 Å². The number of pyridine rings is 1. The Balaban J connectivity index is 1.63.